The Morgan fingerprint density at radius 2 is 1.77 bits per heavy atom. The van der Waals surface area contributed by atoms with Gasteiger partial charge in [-0.3, -0.25) is 0 Å². The number of hydrogen-bond donors (Lipinski definition) is 1. The molecule has 9 heteroatoms. The Morgan fingerprint density at radius 3 is 2.40 bits per heavy atom. The molecule has 1 aliphatic heterocycles. The molecule has 0 bridgehead atoms. The SMILES string of the molecule is COc1cc(NC(=O)N2CCSC(c3cc(F)ccc3F)CC2)cc(OC)c1OC. The Kier molecular flexibility index (Phi) is 7.25. The summed E-state index contributed by atoms with van der Waals surface area (Å²) in [7, 11) is 4.51. The molecule has 1 atom stereocenters. The van der Waals surface area contributed by atoms with Crippen LogP contribution in [-0.4, -0.2) is 51.1 Å². The van der Waals surface area contributed by atoms with E-state index >= 15 is 0 Å². The number of nitrogens with one attached hydrogen (secondary N) is 1. The summed E-state index contributed by atoms with van der Waals surface area (Å²) in [6, 6.07) is 6.50. The second-order valence-corrected chi connectivity index (χ2v) is 7.96. The molecule has 2 aromatic carbocycles. The van der Waals surface area contributed by atoms with Crippen LogP contribution in [0.15, 0.2) is 30.3 Å². The van der Waals surface area contributed by atoms with E-state index in [1.54, 1.807) is 17.0 Å². The average Bonchev–Trinajstić information content (AvgIpc) is 3.01. The number of rotatable bonds is 5. The summed E-state index contributed by atoms with van der Waals surface area (Å²) in [6.45, 7) is 0.915. The van der Waals surface area contributed by atoms with Crippen LogP contribution in [0.1, 0.15) is 17.2 Å². The van der Waals surface area contributed by atoms with Crippen LogP contribution < -0.4 is 19.5 Å². The summed E-state index contributed by atoms with van der Waals surface area (Å²) >= 11 is 1.52. The van der Waals surface area contributed by atoms with E-state index in [2.05, 4.69) is 5.32 Å². The molecule has 0 radical (unpaired) electrons. The number of ether oxygens (including phenoxy) is 3. The third kappa shape index (κ3) is 4.89. The van der Waals surface area contributed by atoms with Gasteiger partial charge in [0.1, 0.15) is 11.6 Å². The van der Waals surface area contributed by atoms with Gasteiger partial charge < -0.3 is 24.4 Å². The van der Waals surface area contributed by atoms with Gasteiger partial charge in [0.15, 0.2) is 11.5 Å². The third-order valence-corrected chi connectivity index (χ3v) is 6.16. The Morgan fingerprint density at radius 1 is 1.07 bits per heavy atom. The number of anilines is 1. The highest BCUT2D eigenvalue weighted by molar-refractivity contribution is 7.99. The second kappa shape index (κ2) is 9.88. The van der Waals surface area contributed by atoms with Crippen molar-refractivity contribution in [3.63, 3.8) is 0 Å². The molecule has 30 heavy (non-hydrogen) atoms. The lowest BCUT2D eigenvalue weighted by Gasteiger charge is -2.22. The number of halogens is 2. The highest BCUT2D eigenvalue weighted by Gasteiger charge is 2.25. The van der Waals surface area contributed by atoms with Crippen molar-refractivity contribution in [3.05, 3.63) is 47.5 Å². The van der Waals surface area contributed by atoms with Gasteiger partial charge in [-0.25, -0.2) is 13.6 Å². The number of amides is 2. The Hall–Kier alpha value is -2.68. The molecular formula is C21H24F2N2O4S. The monoisotopic (exact) mass is 438 g/mol. The first-order valence-corrected chi connectivity index (χ1v) is 10.4. The Balaban J connectivity index is 1.70. The minimum atomic E-state index is -0.465. The maximum absolute atomic E-state index is 14.1. The fraction of sp³-hybridized carbons (Fsp3) is 0.381. The summed E-state index contributed by atoms with van der Waals surface area (Å²) < 4.78 is 43.6. The van der Waals surface area contributed by atoms with Gasteiger partial charge >= 0.3 is 6.03 Å². The van der Waals surface area contributed by atoms with E-state index in [1.807, 2.05) is 0 Å². The summed E-state index contributed by atoms with van der Waals surface area (Å²) in [4.78, 5) is 14.5. The molecular weight excluding hydrogens is 414 g/mol. The van der Waals surface area contributed by atoms with Crippen molar-refractivity contribution in [2.75, 3.05) is 45.5 Å². The highest BCUT2D eigenvalue weighted by atomic mass is 32.2. The van der Waals surface area contributed by atoms with Crippen LogP contribution >= 0.6 is 11.8 Å². The van der Waals surface area contributed by atoms with Crippen molar-refractivity contribution in [2.24, 2.45) is 0 Å². The molecule has 0 aromatic heterocycles. The standard InChI is InChI=1S/C21H24F2N2O4S/c1-27-17-11-14(12-18(28-2)20(17)29-3)24-21(26)25-7-6-19(30-9-8-25)15-10-13(22)4-5-16(15)23/h4-5,10-12,19H,6-9H2,1-3H3,(H,24,26). The smallest absolute Gasteiger partial charge is 0.321 e. The third-order valence-electron chi connectivity index (χ3n) is 4.85. The van der Waals surface area contributed by atoms with E-state index in [9.17, 15) is 13.6 Å². The molecule has 3 rings (SSSR count). The predicted octanol–water partition coefficient (Wildman–Crippen LogP) is 4.70. The first-order chi connectivity index (χ1) is 14.5. The maximum atomic E-state index is 14.1. The van der Waals surface area contributed by atoms with E-state index in [0.717, 1.165) is 12.1 Å². The molecule has 1 fully saturated rings. The molecule has 0 spiro atoms. The van der Waals surface area contributed by atoms with Crippen LogP contribution in [0.25, 0.3) is 0 Å². The zero-order valence-corrected chi connectivity index (χ0v) is 17.9. The van der Waals surface area contributed by atoms with Gasteiger partial charge in [0.05, 0.1) is 27.0 Å². The largest absolute Gasteiger partial charge is 0.493 e. The van der Waals surface area contributed by atoms with Gasteiger partial charge in [-0.05, 0) is 24.6 Å². The van der Waals surface area contributed by atoms with Gasteiger partial charge in [-0.1, -0.05) is 0 Å². The molecule has 6 nitrogen and oxygen atoms in total. The number of thioether (sulfide) groups is 1. The van der Waals surface area contributed by atoms with E-state index in [0.29, 0.717) is 53.8 Å². The molecule has 2 amide bonds. The van der Waals surface area contributed by atoms with Gasteiger partial charge in [0.2, 0.25) is 5.75 Å². The summed E-state index contributed by atoms with van der Waals surface area (Å²) in [6.07, 6.45) is 0.522. The number of benzene rings is 2. The minimum absolute atomic E-state index is 0.209. The topological polar surface area (TPSA) is 60.0 Å². The first-order valence-electron chi connectivity index (χ1n) is 9.39. The van der Waals surface area contributed by atoms with Crippen LogP contribution in [0.4, 0.5) is 19.3 Å². The lowest BCUT2D eigenvalue weighted by Crippen LogP contribution is -2.36. The van der Waals surface area contributed by atoms with Gasteiger partial charge in [-0.2, -0.15) is 11.8 Å². The van der Waals surface area contributed by atoms with Gasteiger partial charge in [-0.15, -0.1) is 0 Å². The lowest BCUT2D eigenvalue weighted by atomic mass is 10.1. The Labute approximate surface area is 178 Å². The predicted molar refractivity (Wildman–Crippen MR) is 113 cm³/mol. The van der Waals surface area contributed by atoms with Crippen molar-refractivity contribution in [3.8, 4) is 17.2 Å². The summed E-state index contributed by atoms with van der Waals surface area (Å²) in [5.41, 5.74) is 0.839. The Bertz CT molecular complexity index is 888. The number of hydrogen-bond acceptors (Lipinski definition) is 5. The molecule has 1 heterocycles. The van der Waals surface area contributed by atoms with E-state index < -0.39 is 11.6 Å². The van der Waals surface area contributed by atoms with Crippen molar-refractivity contribution in [1.29, 1.82) is 0 Å². The summed E-state index contributed by atoms with van der Waals surface area (Å²) in [5.74, 6) is 1.02. The number of urea groups is 1. The molecule has 2 aromatic rings. The zero-order chi connectivity index (χ0) is 21.7. The van der Waals surface area contributed by atoms with Crippen molar-refractivity contribution >= 4 is 23.5 Å². The normalized spacial score (nSPS) is 16.6. The zero-order valence-electron chi connectivity index (χ0n) is 17.0. The summed E-state index contributed by atoms with van der Waals surface area (Å²) in [5, 5.41) is 2.63. The number of carbonyl (C=O) groups excluding carboxylic acids is 1. The van der Waals surface area contributed by atoms with Crippen LogP contribution in [-0.2, 0) is 0 Å². The van der Waals surface area contributed by atoms with Gasteiger partial charge in [0, 0.05) is 41.8 Å². The second-order valence-electron chi connectivity index (χ2n) is 6.65. The lowest BCUT2D eigenvalue weighted by molar-refractivity contribution is 0.215. The highest BCUT2D eigenvalue weighted by Crippen LogP contribution is 2.40. The number of methoxy groups -OCH3 is 3. The molecule has 0 saturated carbocycles. The van der Waals surface area contributed by atoms with E-state index in [4.69, 9.17) is 14.2 Å². The van der Waals surface area contributed by atoms with Crippen molar-refractivity contribution in [1.82, 2.24) is 4.90 Å². The van der Waals surface area contributed by atoms with Crippen LogP contribution in [0, 0.1) is 11.6 Å². The first kappa shape index (κ1) is 22.0. The van der Waals surface area contributed by atoms with Gasteiger partial charge in [0.25, 0.3) is 0 Å². The van der Waals surface area contributed by atoms with E-state index in [-0.39, 0.29) is 11.3 Å². The molecule has 162 valence electrons. The molecule has 1 saturated heterocycles. The van der Waals surface area contributed by atoms with Crippen molar-refractivity contribution < 1.29 is 27.8 Å². The average molecular weight is 438 g/mol. The van der Waals surface area contributed by atoms with Crippen LogP contribution in [0.2, 0.25) is 0 Å². The maximum Gasteiger partial charge on any atom is 0.321 e. The quantitative estimate of drug-likeness (QED) is 0.733. The fourth-order valence-corrected chi connectivity index (χ4v) is 4.58. The van der Waals surface area contributed by atoms with Crippen LogP contribution in [0.5, 0.6) is 17.2 Å². The minimum Gasteiger partial charge on any atom is -0.493 e. The fourth-order valence-electron chi connectivity index (χ4n) is 3.34. The molecule has 1 aliphatic rings. The van der Waals surface area contributed by atoms with E-state index in [1.165, 1.54) is 39.2 Å². The number of nitrogens with zero attached hydrogens (tertiary/aromatic N) is 1. The molecule has 1 unspecified atom stereocenters. The number of carbonyl (C=O) groups is 1. The molecule has 1 N–H and O–H groups in total. The molecule has 0 aliphatic carbocycles. The van der Waals surface area contributed by atoms with Crippen LogP contribution in [0.3, 0.4) is 0 Å². The van der Waals surface area contributed by atoms with Crippen molar-refractivity contribution in [2.45, 2.75) is 11.7 Å².